The molecule has 0 aromatic carbocycles. The van der Waals surface area contributed by atoms with Gasteiger partial charge in [-0.1, -0.05) is 6.58 Å². The van der Waals surface area contributed by atoms with Gasteiger partial charge in [-0.15, -0.1) is 0 Å². The van der Waals surface area contributed by atoms with Crippen molar-refractivity contribution in [1.82, 2.24) is 4.90 Å². The standard InChI is InChI=1S/C17H22F7NO7S/c1-2-12(26)32-15(16(20,21)22,13(27)25-9-5-3-6-10-25)31-11-7-4-8-14(18,19)17(23,24)33(28,29)30/h2H,1,3-11H2,(H,28,29,30). The van der Waals surface area contributed by atoms with Crippen molar-refractivity contribution >= 4 is 22.0 Å². The molecule has 1 aliphatic rings. The molecule has 0 aromatic rings. The molecule has 8 nitrogen and oxygen atoms in total. The lowest BCUT2D eigenvalue weighted by Gasteiger charge is -2.38. The smallest absolute Gasteiger partial charge is 0.412 e. The van der Waals surface area contributed by atoms with Gasteiger partial charge in [0.25, 0.3) is 0 Å². The Morgan fingerprint density at radius 2 is 1.55 bits per heavy atom. The number of carbonyl (C=O) groups excluding carboxylic acids is 2. The molecule has 1 amide bonds. The van der Waals surface area contributed by atoms with Crippen molar-refractivity contribution in [3.05, 3.63) is 12.7 Å². The van der Waals surface area contributed by atoms with Crippen LogP contribution < -0.4 is 0 Å². The number of likely N-dealkylation sites (tertiary alicyclic amines) is 1. The topological polar surface area (TPSA) is 110 Å². The highest BCUT2D eigenvalue weighted by Gasteiger charge is 2.67. The molecule has 0 bridgehead atoms. The lowest BCUT2D eigenvalue weighted by molar-refractivity contribution is -0.350. The maximum Gasteiger partial charge on any atom is 0.466 e. The van der Waals surface area contributed by atoms with E-state index in [0.717, 1.165) is 4.90 Å². The van der Waals surface area contributed by atoms with Crippen LogP contribution in [0.4, 0.5) is 30.7 Å². The highest BCUT2D eigenvalue weighted by molar-refractivity contribution is 7.87. The number of halogens is 7. The highest BCUT2D eigenvalue weighted by Crippen LogP contribution is 2.42. The summed E-state index contributed by atoms with van der Waals surface area (Å²) in [6, 6.07) is 0. The Labute approximate surface area is 184 Å². The molecule has 1 rings (SSSR count). The average molecular weight is 517 g/mol. The molecule has 1 aliphatic heterocycles. The van der Waals surface area contributed by atoms with Gasteiger partial charge in [0.05, 0.1) is 6.61 Å². The molecule has 0 aliphatic carbocycles. The highest BCUT2D eigenvalue weighted by atomic mass is 32.2. The number of amides is 1. The van der Waals surface area contributed by atoms with Crippen LogP contribution >= 0.6 is 0 Å². The molecular weight excluding hydrogens is 495 g/mol. The van der Waals surface area contributed by atoms with E-state index >= 15 is 0 Å². The fraction of sp³-hybridized carbons (Fsp3) is 0.765. The minimum Gasteiger partial charge on any atom is -0.412 e. The van der Waals surface area contributed by atoms with Gasteiger partial charge in [-0.05, 0) is 32.1 Å². The number of hydrogen-bond acceptors (Lipinski definition) is 6. The number of carbonyl (C=O) groups is 2. The van der Waals surface area contributed by atoms with E-state index in [2.05, 4.69) is 16.1 Å². The van der Waals surface area contributed by atoms with Crippen LogP contribution in [0.3, 0.4) is 0 Å². The molecule has 192 valence electrons. The summed E-state index contributed by atoms with van der Waals surface area (Å²) in [5, 5.41) is -5.83. The Balaban J connectivity index is 2.99. The number of ether oxygens (including phenoxy) is 2. The second-order valence-electron chi connectivity index (χ2n) is 7.09. The van der Waals surface area contributed by atoms with Crippen molar-refractivity contribution in [1.29, 1.82) is 0 Å². The lowest BCUT2D eigenvalue weighted by atomic mass is 10.1. The normalized spacial score (nSPS) is 17.9. The van der Waals surface area contributed by atoms with Gasteiger partial charge in [-0.25, -0.2) is 4.79 Å². The van der Waals surface area contributed by atoms with Crippen LogP contribution in [-0.2, 0) is 29.2 Å². The summed E-state index contributed by atoms with van der Waals surface area (Å²) in [4.78, 5) is 24.9. The van der Waals surface area contributed by atoms with Crippen LogP contribution in [0.1, 0.15) is 38.5 Å². The van der Waals surface area contributed by atoms with E-state index in [-0.39, 0.29) is 13.1 Å². The SMILES string of the molecule is C=CC(=O)OC(OCCCCC(F)(F)C(F)(F)S(=O)(=O)O)(C(=O)N1CCCCC1)C(F)(F)F. The summed E-state index contributed by atoms with van der Waals surface area (Å²) in [5.41, 5.74) is 0. The predicted octanol–water partition coefficient (Wildman–Crippen LogP) is 3.29. The second-order valence-corrected chi connectivity index (χ2v) is 8.56. The van der Waals surface area contributed by atoms with E-state index in [1.54, 1.807) is 0 Å². The summed E-state index contributed by atoms with van der Waals surface area (Å²) in [6.45, 7) is 1.59. The van der Waals surface area contributed by atoms with Crippen LogP contribution in [0.5, 0.6) is 0 Å². The minimum absolute atomic E-state index is 0.0946. The van der Waals surface area contributed by atoms with Gasteiger partial charge in [0.15, 0.2) is 0 Å². The summed E-state index contributed by atoms with van der Waals surface area (Å²) < 4.78 is 133. The lowest BCUT2D eigenvalue weighted by Crippen LogP contribution is -2.62. The quantitative estimate of drug-likeness (QED) is 0.112. The van der Waals surface area contributed by atoms with Crippen LogP contribution in [0.15, 0.2) is 12.7 Å². The van der Waals surface area contributed by atoms with Crippen molar-refractivity contribution in [2.45, 2.75) is 61.7 Å². The van der Waals surface area contributed by atoms with E-state index in [4.69, 9.17) is 4.55 Å². The molecule has 1 saturated heterocycles. The van der Waals surface area contributed by atoms with E-state index in [9.17, 15) is 48.7 Å². The third kappa shape index (κ3) is 6.56. The van der Waals surface area contributed by atoms with Crippen LogP contribution in [0.25, 0.3) is 0 Å². The Kier molecular flexibility index (Phi) is 9.30. The molecule has 1 heterocycles. The molecular formula is C17H22F7NO7S. The maximum absolute atomic E-state index is 13.9. The number of alkyl halides is 7. The summed E-state index contributed by atoms with van der Waals surface area (Å²) >= 11 is 0. The number of nitrogens with zero attached hydrogens (tertiary/aromatic N) is 1. The molecule has 1 fully saturated rings. The van der Waals surface area contributed by atoms with Gasteiger partial charge >= 0.3 is 45.1 Å². The van der Waals surface area contributed by atoms with E-state index in [0.29, 0.717) is 25.3 Å². The zero-order chi connectivity index (χ0) is 25.7. The number of hydrogen-bond donors (Lipinski definition) is 1. The minimum atomic E-state index is -6.47. The van der Waals surface area contributed by atoms with Crippen molar-refractivity contribution in [3.63, 3.8) is 0 Å². The monoisotopic (exact) mass is 517 g/mol. The Morgan fingerprint density at radius 3 is 2.00 bits per heavy atom. The summed E-state index contributed by atoms with van der Waals surface area (Å²) in [6.07, 6.45) is -7.55. The fourth-order valence-corrected chi connectivity index (χ4v) is 3.36. The number of unbranched alkanes of at least 4 members (excludes halogenated alkanes) is 1. The summed E-state index contributed by atoms with van der Waals surface area (Å²) in [5.74, 6) is -12.8. The van der Waals surface area contributed by atoms with E-state index in [1.165, 1.54) is 0 Å². The fourth-order valence-electron chi connectivity index (χ4n) is 2.88. The zero-order valence-corrected chi connectivity index (χ0v) is 17.9. The van der Waals surface area contributed by atoms with Gasteiger partial charge < -0.3 is 14.4 Å². The molecule has 16 heteroatoms. The predicted molar refractivity (Wildman–Crippen MR) is 96.8 cm³/mol. The first-order valence-electron chi connectivity index (χ1n) is 9.51. The van der Waals surface area contributed by atoms with Crippen LogP contribution in [0.2, 0.25) is 0 Å². The number of esters is 1. The molecule has 0 spiro atoms. The Hall–Kier alpha value is -1.94. The average Bonchev–Trinajstić information content (AvgIpc) is 2.70. The van der Waals surface area contributed by atoms with Gasteiger partial charge in [0, 0.05) is 25.6 Å². The van der Waals surface area contributed by atoms with Crippen molar-refractivity contribution < 1.29 is 62.8 Å². The number of rotatable bonds is 11. The first-order valence-corrected chi connectivity index (χ1v) is 10.9. The van der Waals surface area contributed by atoms with Gasteiger partial charge in [0.2, 0.25) is 0 Å². The van der Waals surface area contributed by atoms with Crippen LogP contribution in [-0.4, -0.2) is 72.6 Å². The van der Waals surface area contributed by atoms with E-state index < -0.39 is 71.0 Å². The molecule has 1 N–H and O–H groups in total. The Morgan fingerprint density at radius 1 is 1.00 bits per heavy atom. The molecule has 33 heavy (non-hydrogen) atoms. The van der Waals surface area contributed by atoms with E-state index in [1.807, 2.05) is 0 Å². The summed E-state index contributed by atoms with van der Waals surface area (Å²) in [7, 11) is -6.47. The zero-order valence-electron chi connectivity index (χ0n) is 17.0. The molecule has 1 unspecified atom stereocenters. The third-order valence-corrected chi connectivity index (χ3v) is 5.60. The first-order chi connectivity index (χ1) is 14.9. The molecule has 0 aromatic heterocycles. The van der Waals surface area contributed by atoms with Gasteiger partial charge in [-0.2, -0.15) is 39.2 Å². The van der Waals surface area contributed by atoms with Crippen molar-refractivity contribution in [3.8, 4) is 0 Å². The number of piperidine rings is 1. The largest absolute Gasteiger partial charge is 0.466 e. The van der Waals surface area contributed by atoms with Crippen molar-refractivity contribution in [2.24, 2.45) is 0 Å². The van der Waals surface area contributed by atoms with Gasteiger partial charge in [-0.3, -0.25) is 9.35 Å². The first kappa shape index (κ1) is 29.1. The van der Waals surface area contributed by atoms with Crippen LogP contribution in [0, 0.1) is 0 Å². The van der Waals surface area contributed by atoms with Crippen molar-refractivity contribution in [2.75, 3.05) is 19.7 Å². The molecule has 1 atom stereocenters. The second kappa shape index (κ2) is 10.5. The molecule has 0 saturated carbocycles. The Bertz CT molecular complexity index is 826. The maximum atomic E-state index is 13.9. The van der Waals surface area contributed by atoms with Gasteiger partial charge in [0.1, 0.15) is 0 Å². The molecule has 0 radical (unpaired) electrons. The third-order valence-electron chi connectivity index (χ3n) is 4.65.